The molecule has 1 amide bonds. The van der Waals surface area contributed by atoms with Crippen LogP contribution in [0.15, 0.2) is 22.9 Å². The number of carbonyl (C=O) groups is 1. The SMILES string of the molecule is Cc1cscc1-c1nc(C(F)(F)F)n2c1CN(C(=O)C[C@H](N)Cc1cc(F)c(F)cc1F)CC2.Cl. The van der Waals surface area contributed by atoms with Crippen LogP contribution >= 0.6 is 23.7 Å². The zero-order chi connectivity index (χ0) is 24.8. The number of thiophene rings is 1. The van der Waals surface area contributed by atoms with Crippen molar-refractivity contribution >= 4 is 29.7 Å². The average molecular weight is 539 g/mol. The van der Waals surface area contributed by atoms with Crippen molar-refractivity contribution in [3.05, 3.63) is 63.0 Å². The van der Waals surface area contributed by atoms with Gasteiger partial charge in [0.25, 0.3) is 0 Å². The molecule has 190 valence electrons. The van der Waals surface area contributed by atoms with Crippen LogP contribution in [0.4, 0.5) is 26.3 Å². The van der Waals surface area contributed by atoms with Gasteiger partial charge in [-0.05, 0) is 35.9 Å². The maximum atomic E-state index is 13.9. The molecule has 0 saturated carbocycles. The molecule has 1 aliphatic rings. The molecule has 2 N–H and O–H groups in total. The first-order valence-corrected chi connectivity index (χ1v) is 11.3. The molecule has 3 aromatic rings. The molecule has 1 atom stereocenters. The molecule has 0 radical (unpaired) electrons. The van der Waals surface area contributed by atoms with Crippen LogP contribution in [0.25, 0.3) is 11.3 Å². The Morgan fingerprint density at radius 2 is 1.83 bits per heavy atom. The number of nitrogens with zero attached hydrogens (tertiary/aromatic N) is 3. The molecule has 0 unspecified atom stereocenters. The second-order valence-electron chi connectivity index (χ2n) is 8.19. The van der Waals surface area contributed by atoms with Crippen molar-refractivity contribution in [3.8, 4) is 11.3 Å². The van der Waals surface area contributed by atoms with E-state index in [9.17, 15) is 31.1 Å². The first-order chi connectivity index (χ1) is 16.0. The van der Waals surface area contributed by atoms with Gasteiger partial charge in [-0.3, -0.25) is 4.79 Å². The third kappa shape index (κ3) is 5.49. The van der Waals surface area contributed by atoms with E-state index in [1.54, 1.807) is 17.7 Å². The lowest BCUT2D eigenvalue weighted by atomic mass is 10.0. The number of aryl methyl sites for hydroxylation is 1. The number of imidazole rings is 1. The molecule has 5 nitrogen and oxygen atoms in total. The summed E-state index contributed by atoms with van der Waals surface area (Å²) >= 11 is 1.34. The zero-order valence-electron chi connectivity index (χ0n) is 18.3. The van der Waals surface area contributed by atoms with Gasteiger partial charge in [0.2, 0.25) is 11.7 Å². The van der Waals surface area contributed by atoms with Crippen molar-refractivity contribution < 1.29 is 31.1 Å². The second-order valence-corrected chi connectivity index (χ2v) is 8.93. The monoisotopic (exact) mass is 538 g/mol. The topological polar surface area (TPSA) is 64.2 Å². The Labute approximate surface area is 207 Å². The highest BCUT2D eigenvalue weighted by Gasteiger charge is 2.41. The van der Waals surface area contributed by atoms with E-state index in [-0.39, 0.29) is 61.8 Å². The molecule has 0 bridgehead atoms. The van der Waals surface area contributed by atoms with E-state index in [2.05, 4.69) is 4.98 Å². The molecule has 0 spiro atoms. The number of fused-ring (bicyclic) bond motifs is 1. The summed E-state index contributed by atoms with van der Waals surface area (Å²) in [6, 6.07) is 0.211. The Balaban J connectivity index is 0.00000342. The van der Waals surface area contributed by atoms with E-state index in [4.69, 9.17) is 5.73 Å². The number of benzene rings is 1. The normalized spacial score (nSPS) is 14.5. The first kappa shape index (κ1) is 27.0. The average Bonchev–Trinajstić information content (AvgIpc) is 3.34. The number of aromatic nitrogens is 2. The van der Waals surface area contributed by atoms with E-state index in [0.29, 0.717) is 17.7 Å². The molecule has 0 saturated heterocycles. The van der Waals surface area contributed by atoms with Crippen molar-refractivity contribution in [1.82, 2.24) is 14.5 Å². The predicted molar refractivity (Wildman–Crippen MR) is 121 cm³/mol. The number of nitrogens with two attached hydrogens (primary N) is 1. The van der Waals surface area contributed by atoms with Gasteiger partial charge in [-0.15, -0.1) is 12.4 Å². The van der Waals surface area contributed by atoms with Crippen LogP contribution in [0.5, 0.6) is 0 Å². The summed E-state index contributed by atoms with van der Waals surface area (Å²) < 4.78 is 82.3. The maximum Gasteiger partial charge on any atom is 0.449 e. The van der Waals surface area contributed by atoms with Gasteiger partial charge in [-0.1, -0.05) is 0 Å². The standard InChI is InChI=1S/C22H20F6N4OS.ClH/c1-11-9-34-10-14(11)20-18-8-31(2-3-32(18)21(30-20)22(26,27)28)19(33)6-13(29)4-12-5-16(24)17(25)7-15(12)23;/h5,7,9-10,13H,2-4,6,8,29H2,1H3;1H/t13-;/m1./s1. The minimum Gasteiger partial charge on any atom is -0.335 e. The fourth-order valence-electron chi connectivity index (χ4n) is 4.04. The summed E-state index contributed by atoms with van der Waals surface area (Å²) in [5.41, 5.74) is 7.59. The summed E-state index contributed by atoms with van der Waals surface area (Å²) in [6.45, 7) is 1.59. The molecule has 1 aliphatic heterocycles. The molecule has 0 aliphatic carbocycles. The van der Waals surface area contributed by atoms with E-state index in [0.717, 1.165) is 10.1 Å². The van der Waals surface area contributed by atoms with Crippen LogP contribution in [0.3, 0.4) is 0 Å². The second kappa shape index (κ2) is 10.2. The number of rotatable bonds is 5. The summed E-state index contributed by atoms with van der Waals surface area (Å²) in [6.07, 6.45) is -5.11. The van der Waals surface area contributed by atoms with Gasteiger partial charge in [-0.2, -0.15) is 24.5 Å². The Kier molecular flexibility index (Phi) is 7.87. The Hall–Kier alpha value is -2.57. The molecular weight excluding hydrogens is 518 g/mol. The number of alkyl halides is 3. The van der Waals surface area contributed by atoms with Crippen LogP contribution in [-0.4, -0.2) is 32.9 Å². The van der Waals surface area contributed by atoms with E-state index >= 15 is 0 Å². The van der Waals surface area contributed by atoms with Gasteiger partial charge in [0, 0.05) is 42.6 Å². The van der Waals surface area contributed by atoms with Crippen molar-refractivity contribution in [2.24, 2.45) is 5.73 Å². The highest BCUT2D eigenvalue weighted by Crippen LogP contribution is 2.37. The van der Waals surface area contributed by atoms with Gasteiger partial charge < -0.3 is 15.2 Å². The molecular formula is C22H21ClF6N4OS. The third-order valence-electron chi connectivity index (χ3n) is 5.73. The molecule has 2 aromatic heterocycles. The smallest absolute Gasteiger partial charge is 0.335 e. The van der Waals surface area contributed by atoms with Gasteiger partial charge in [0.1, 0.15) is 5.82 Å². The highest BCUT2D eigenvalue weighted by molar-refractivity contribution is 7.08. The number of amides is 1. The van der Waals surface area contributed by atoms with Crippen LogP contribution in [0.1, 0.15) is 29.1 Å². The highest BCUT2D eigenvalue weighted by atomic mass is 35.5. The van der Waals surface area contributed by atoms with E-state index < -0.39 is 41.4 Å². The lowest BCUT2D eigenvalue weighted by Crippen LogP contribution is -2.42. The largest absolute Gasteiger partial charge is 0.449 e. The summed E-state index contributed by atoms with van der Waals surface area (Å²) in [5, 5.41) is 3.52. The molecule has 0 fully saturated rings. The molecule has 35 heavy (non-hydrogen) atoms. The Bertz CT molecular complexity index is 1240. The van der Waals surface area contributed by atoms with Gasteiger partial charge in [0.05, 0.1) is 17.9 Å². The summed E-state index contributed by atoms with van der Waals surface area (Å²) in [4.78, 5) is 18.1. The van der Waals surface area contributed by atoms with Crippen LogP contribution < -0.4 is 5.73 Å². The minimum absolute atomic E-state index is 0. The lowest BCUT2D eigenvalue weighted by Gasteiger charge is -2.30. The summed E-state index contributed by atoms with van der Waals surface area (Å²) in [5.74, 6) is -4.98. The van der Waals surface area contributed by atoms with Gasteiger partial charge in [0.15, 0.2) is 11.6 Å². The Morgan fingerprint density at radius 3 is 2.46 bits per heavy atom. The molecule has 3 heterocycles. The molecule has 4 rings (SSSR count). The van der Waals surface area contributed by atoms with Crippen LogP contribution in [0.2, 0.25) is 0 Å². The number of carbonyl (C=O) groups excluding carboxylic acids is 1. The van der Waals surface area contributed by atoms with Gasteiger partial charge in [-0.25, -0.2) is 18.2 Å². The fourth-order valence-corrected chi connectivity index (χ4v) is 4.88. The molecule has 1 aromatic carbocycles. The van der Waals surface area contributed by atoms with Crippen LogP contribution in [0, 0.1) is 24.4 Å². The van der Waals surface area contributed by atoms with Crippen molar-refractivity contribution in [2.45, 2.75) is 45.1 Å². The molecule has 13 heteroatoms. The third-order valence-corrected chi connectivity index (χ3v) is 6.59. The fraction of sp³-hybridized carbons (Fsp3) is 0.364. The zero-order valence-corrected chi connectivity index (χ0v) is 20.0. The lowest BCUT2D eigenvalue weighted by molar-refractivity contribution is -0.148. The quantitative estimate of drug-likeness (QED) is 0.364. The minimum atomic E-state index is -4.65. The van der Waals surface area contributed by atoms with Crippen molar-refractivity contribution in [1.29, 1.82) is 0 Å². The van der Waals surface area contributed by atoms with E-state index in [1.165, 1.54) is 16.2 Å². The van der Waals surface area contributed by atoms with Crippen LogP contribution in [-0.2, 0) is 30.5 Å². The number of halogens is 7. The van der Waals surface area contributed by atoms with Crippen molar-refractivity contribution in [3.63, 3.8) is 0 Å². The van der Waals surface area contributed by atoms with Gasteiger partial charge >= 0.3 is 6.18 Å². The number of hydrogen-bond acceptors (Lipinski definition) is 4. The maximum absolute atomic E-state index is 13.9. The summed E-state index contributed by atoms with van der Waals surface area (Å²) in [7, 11) is 0. The predicted octanol–water partition coefficient (Wildman–Crippen LogP) is 5.08. The van der Waals surface area contributed by atoms with E-state index in [1.807, 2.05) is 0 Å². The Morgan fingerprint density at radius 1 is 1.14 bits per heavy atom. The first-order valence-electron chi connectivity index (χ1n) is 10.3. The van der Waals surface area contributed by atoms with Crippen molar-refractivity contribution in [2.75, 3.05) is 6.54 Å². The number of hydrogen-bond donors (Lipinski definition) is 1.